The number of halogens is 2. The van der Waals surface area contributed by atoms with Crippen molar-refractivity contribution in [3.05, 3.63) is 59.4 Å². The molecule has 0 fully saturated rings. The zero-order valence-corrected chi connectivity index (χ0v) is 12.2. The molecule has 20 heavy (non-hydrogen) atoms. The van der Waals surface area contributed by atoms with Crippen LogP contribution < -0.4 is 9.47 Å². The summed E-state index contributed by atoms with van der Waals surface area (Å²) in [4.78, 5) is 0. The molecule has 2 nitrogen and oxygen atoms in total. The topological polar surface area (TPSA) is 18.5 Å². The molecule has 0 aromatic heterocycles. The first-order chi connectivity index (χ1) is 9.62. The summed E-state index contributed by atoms with van der Waals surface area (Å²) in [6.45, 7) is 0. The van der Waals surface area contributed by atoms with Gasteiger partial charge >= 0.3 is 0 Å². The van der Waals surface area contributed by atoms with E-state index in [0.717, 1.165) is 11.1 Å². The summed E-state index contributed by atoms with van der Waals surface area (Å²) in [6, 6.07) is 12.0. The van der Waals surface area contributed by atoms with Gasteiger partial charge in [-0.1, -0.05) is 12.1 Å². The molecule has 0 aliphatic carbocycles. The van der Waals surface area contributed by atoms with Crippen LogP contribution in [0.1, 0.15) is 16.5 Å². The van der Waals surface area contributed by atoms with Gasteiger partial charge in [-0.15, -0.1) is 11.6 Å². The molecule has 0 amide bonds. The second-order valence-corrected chi connectivity index (χ2v) is 4.97. The van der Waals surface area contributed by atoms with Crippen LogP contribution in [-0.2, 0) is 6.42 Å². The van der Waals surface area contributed by atoms with E-state index in [-0.39, 0.29) is 11.2 Å². The lowest BCUT2D eigenvalue weighted by molar-refractivity contribution is 0.393. The van der Waals surface area contributed by atoms with E-state index in [4.69, 9.17) is 21.1 Å². The minimum Gasteiger partial charge on any atom is -0.497 e. The van der Waals surface area contributed by atoms with Gasteiger partial charge in [0, 0.05) is 6.07 Å². The van der Waals surface area contributed by atoms with Crippen molar-refractivity contribution in [2.45, 2.75) is 11.8 Å². The second-order valence-electron chi connectivity index (χ2n) is 4.45. The van der Waals surface area contributed by atoms with Gasteiger partial charge in [-0.25, -0.2) is 4.39 Å². The lowest BCUT2D eigenvalue weighted by atomic mass is 10.0. The molecule has 1 atom stereocenters. The zero-order chi connectivity index (χ0) is 14.5. The molecule has 0 heterocycles. The van der Waals surface area contributed by atoms with E-state index in [1.807, 2.05) is 18.2 Å². The standard InChI is InChI=1S/C16H16ClFO2/c1-19-14-8-12(9-15(10-14)20-2)16(17)7-11-4-3-5-13(18)6-11/h3-6,8-10,16H,7H2,1-2H3. The van der Waals surface area contributed by atoms with Crippen molar-refractivity contribution < 1.29 is 13.9 Å². The van der Waals surface area contributed by atoms with E-state index in [0.29, 0.717) is 17.9 Å². The molecule has 0 aliphatic heterocycles. The Kier molecular flexibility index (Phi) is 4.85. The third-order valence-electron chi connectivity index (χ3n) is 3.04. The van der Waals surface area contributed by atoms with Crippen molar-refractivity contribution in [1.29, 1.82) is 0 Å². The molecule has 0 radical (unpaired) electrons. The molecule has 106 valence electrons. The highest BCUT2D eigenvalue weighted by Gasteiger charge is 2.12. The maximum absolute atomic E-state index is 13.2. The quantitative estimate of drug-likeness (QED) is 0.763. The highest BCUT2D eigenvalue weighted by molar-refractivity contribution is 6.21. The number of ether oxygens (including phenoxy) is 2. The molecule has 0 aliphatic rings. The number of hydrogen-bond acceptors (Lipinski definition) is 2. The molecule has 2 rings (SSSR count). The fraction of sp³-hybridized carbons (Fsp3) is 0.250. The van der Waals surface area contributed by atoms with E-state index in [9.17, 15) is 4.39 Å². The van der Waals surface area contributed by atoms with Gasteiger partial charge in [0.1, 0.15) is 17.3 Å². The van der Waals surface area contributed by atoms with Crippen LogP contribution in [-0.4, -0.2) is 14.2 Å². The molecular formula is C16H16ClFO2. The Balaban J connectivity index is 2.22. The SMILES string of the molecule is COc1cc(OC)cc(C(Cl)Cc2cccc(F)c2)c1. The number of rotatable bonds is 5. The van der Waals surface area contributed by atoms with Crippen LogP contribution in [0.2, 0.25) is 0 Å². The molecule has 0 bridgehead atoms. The Labute approximate surface area is 123 Å². The van der Waals surface area contributed by atoms with Crippen LogP contribution in [0.25, 0.3) is 0 Å². The number of alkyl halides is 1. The Morgan fingerprint density at radius 1 is 1.05 bits per heavy atom. The van der Waals surface area contributed by atoms with Crippen molar-refractivity contribution in [2.24, 2.45) is 0 Å². The summed E-state index contributed by atoms with van der Waals surface area (Å²) < 4.78 is 23.6. The van der Waals surface area contributed by atoms with Gasteiger partial charge < -0.3 is 9.47 Å². The Hall–Kier alpha value is -1.74. The maximum atomic E-state index is 13.2. The van der Waals surface area contributed by atoms with Gasteiger partial charge in [-0.3, -0.25) is 0 Å². The van der Waals surface area contributed by atoms with Crippen molar-refractivity contribution in [3.8, 4) is 11.5 Å². The van der Waals surface area contributed by atoms with Crippen LogP contribution in [0.4, 0.5) is 4.39 Å². The third kappa shape index (κ3) is 3.64. The lowest BCUT2D eigenvalue weighted by Gasteiger charge is -2.13. The third-order valence-corrected chi connectivity index (χ3v) is 3.45. The van der Waals surface area contributed by atoms with E-state index in [2.05, 4.69) is 0 Å². The highest BCUT2D eigenvalue weighted by Crippen LogP contribution is 2.31. The fourth-order valence-electron chi connectivity index (χ4n) is 2.00. The van der Waals surface area contributed by atoms with Gasteiger partial charge in [0.05, 0.1) is 19.6 Å². The van der Waals surface area contributed by atoms with Gasteiger partial charge in [-0.05, 0) is 41.8 Å². The second kappa shape index (κ2) is 6.62. The van der Waals surface area contributed by atoms with Crippen LogP contribution in [0.15, 0.2) is 42.5 Å². The number of hydrogen-bond donors (Lipinski definition) is 0. The first kappa shape index (κ1) is 14.7. The molecule has 0 saturated heterocycles. The maximum Gasteiger partial charge on any atom is 0.123 e. The summed E-state index contributed by atoms with van der Waals surface area (Å²) in [5, 5.41) is -0.277. The van der Waals surface area contributed by atoms with E-state index >= 15 is 0 Å². The first-order valence-electron chi connectivity index (χ1n) is 6.24. The summed E-state index contributed by atoms with van der Waals surface area (Å²) in [7, 11) is 3.18. The minimum absolute atomic E-state index is 0.255. The fourth-order valence-corrected chi connectivity index (χ4v) is 2.30. The Bertz CT molecular complexity index is 564. The van der Waals surface area contributed by atoms with Crippen LogP contribution in [0.3, 0.4) is 0 Å². The summed E-state index contributed by atoms with van der Waals surface area (Å²) in [6.07, 6.45) is 0.537. The van der Waals surface area contributed by atoms with Gasteiger partial charge in [0.2, 0.25) is 0 Å². The predicted octanol–water partition coefficient (Wildman–Crippen LogP) is 4.37. The highest BCUT2D eigenvalue weighted by atomic mass is 35.5. The molecule has 0 N–H and O–H groups in total. The number of methoxy groups -OCH3 is 2. The molecule has 4 heteroatoms. The minimum atomic E-state index is -0.277. The van der Waals surface area contributed by atoms with Gasteiger partial charge in [0.25, 0.3) is 0 Å². The largest absolute Gasteiger partial charge is 0.497 e. The van der Waals surface area contributed by atoms with E-state index < -0.39 is 0 Å². The Morgan fingerprint density at radius 3 is 2.25 bits per heavy atom. The lowest BCUT2D eigenvalue weighted by Crippen LogP contribution is -1.98. The average Bonchev–Trinajstić information content (AvgIpc) is 2.46. The van der Waals surface area contributed by atoms with Crippen molar-refractivity contribution in [3.63, 3.8) is 0 Å². The van der Waals surface area contributed by atoms with Gasteiger partial charge in [-0.2, -0.15) is 0 Å². The molecule has 0 spiro atoms. The van der Waals surface area contributed by atoms with Crippen LogP contribution in [0.5, 0.6) is 11.5 Å². The smallest absolute Gasteiger partial charge is 0.123 e. The van der Waals surface area contributed by atoms with Gasteiger partial charge in [0.15, 0.2) is 0 Å². The van der Waals surface area contributed by atoms with Crippen molar-refractivity contribution >= 4 is 11.6 Å². The molecular weight excluding hydrogens is 279 g/mol. The average molecular weight is 295 g/mol. The summed E-state index contributed by atoms with van der Waals surface area (Å²) in [5.41, 5.74) is 1.74. The number of benzene rings is 2. The molecule has 2 aromatic carbocycles. The van der Waals surface area contributed by atoms with Crippen molar-refractivity contribution in [1.82, 2.24) is 0 Å². The first-order valence-corrected chi connectivity index (χ1v) is 6.67. The Morgan fingerprint density at radius 2 is 1.70 bits per heavy atom. The normalized spacial score (nSPS) is 12.0. The van der Waals surface area contributed by atoms with E-state index in [1.165, 1.54) is 12.1 Å². The van der Waals surface area contributed by atoms with Crippen LogP contribution >= 0.6 is 11.6 Å². The zero-order valence-electron chi connectivity index (χ0n) is 11.4. The van der Waals surface area contributed by atoms with Crippen LogP contribution in [0, 0.1) is 5.82 Å². The molecule has 1 unspecified atom stereocenters. The van der Waals surface area contributed by atoms with Crippen molar-refractivity contribution in [2.75, 3.05) is 14.2 Å². The monoisotopic (exact) mass is 294 g/mol. The molecule has 0 saturated carbocycles. The predicted molar refractivity (Wildman–Crippen MR) is 78.2 cm³/mol. The summed E-state index contributed by atoms with van der Waals surface area (Å²) in [5.74, 6) is 1.11. The molecule has 2 aromatic rings. The summed E-state index contributed by atoms with van der Waals surface area (Å²) >= 11 is 6.42. The van der Waals surface area contributed by atoms with E-state index in [1.54, 1.807) is 26.4 Å².